The van der Waals surface area contributed by atoms with E-state index in [0.717, 1.165) is 0 Å². The van der Waals surface area contributed by atoms with Crippen LogP contribution in [0.4, 0.5) is 13.6 Å². The molecule has 6 nitrogen and oxygen atoms in total. The Morgan fingerprint density at radius 2 is 2.23 bits per heavy atom. The van der Waals surface area contributed by atoms with E-state index in [1.54, 1.807) is 6.92 Å². The minimum Gasteiger partial charge on any atom is -0.465 e. The van der Waals surface area contributed by atoms with Crippen molar-refractivity contribution in [2.45, 2.75) is 51.2 Å². The lowest BCUT2D eigenvalue weighted by atomic mass is 9.96. The van der Waals surface area contributed by atoms with Gasteiger partial charge in [0, 0.05) is 43.5 Å². The van der Waals surface area contributed by atoms with E-state index in [-0.39, 0.29) is 50.2 Å². The van der Waals surface area contributed by atoms with Crippen molar-refractivity contribution in [2.75, 3.05) is 6.61 Å². The Kier molecular flexibility index (Phi) is 3.58. The number of alkyl halides is 2. The molecule has 1 amide bonds. The van der Waals surface area contributed by atoms with Crippen LogP contribution in [0.5, 0.6) is 0 Å². The summed E-state index contributed by atoms with van der Waals surface area (Å²) < 4.78 is 30.3. The van der Waals surface area contributed by atoms with E-state index >= 15 is 0 Å². The molecule has 22 heavy (non-hydrogen) atoms. The van der Waals surface area contributed by atoms with Gasteiger partial charge in [0.15, 0.2) is 0 Å². The van der Waals surface area contributed by atoms with Crippen LogP contribution in [-0.4, -0.2) is 43.6 Å². The maximum absolute atomic E-state index is 14.5. The molecular formula is C14H19F2N3O3. The number of fused-ring (bicyclic) bond motifs is 3. The maximum atomic E-state index is 14.5. The quantitative estimate of drug-likeness (QED) is 0.828. The number of aromatic nitrogens is 2. The predicted molar refractivity (Wildman–Crippen MR) is 72.7 cm³/mol. The summed E-state index contributed by atoms with van der Waals surface area (Å²) in [5.74, 6) is -3.30. The number of aliphatic hydroxyl groups is 1. The van der Waals surface area contributed by atoms with Crippen LogP contribution >= 0.6 is 0 Å². The normalized spacial score (nSPS) is 27.0. The SMILES string of the molecule is C[C@@H]1Cc2nn3c(c2CN1C(=O)O)C(F)(F)CCC(CO)C3. The lowest BCUT2D eigenvalue weighted by Gasteiger charge is -2.31. The highest BCUT2D eigenvalue weighted by Gasteiger charge is 2.44. The highest BCUT2D eigenvalue weighted by molar-refractivity contribution is 5.66. The number of hydrogen-bond donors (Lipinski definition) is 2. The monoisotopic (exact) mass is 315 g/mol. The first-order chi connectivity index (χ1) is 10.3. The largest absolute Gasteiger partial charge is 0.465 e. The van der Waals surface area contributed by atoms with Crippen LogP contribution in [0.15, 0.2) is 0 Å². The summed E-state index contributed by atoms with van der Waals surface area (Å²) in [5.41, 5.74) is 0.721. The number of carbonyl (C=O) groups is 1. The summed E-state index contributed by atoms with van der Waals surface area (Å²) in [6.07, 6.45) is -0.899. The average Bonchev–Trinajstić information content (AvgIpc) is 2.73. The van der Waals surface area contributed by atoms with Gasteiger partial charge in [0.2, 0.25) is 0 Å². The minimum atomic E-state index is -3.05. The Hall–Kier alpha value is -1.70. The Labute approximate surface area is 126 Å². The molecule has 3 rings (SSSR count). The molecule has 0 bridgehead atoms. The molecule has 1 unspecified atom stereocenters. The first kappa shape index (κ1) is 15.2. The van der Waals surface area contributed by atoms with E-state index in [1.165, 1.54) is 9.58 Å². The Balaban J connectivity index is 2.06. The van der Waals surface area contributed by atoms with Crippen LogP contribution in [0.1, 0.15) is 36.7 Å². The molecule has 0 saturated carbocycles. The molecule has 0 spiro atoms. The second kappa shape index (κ2) is 5.19. The number of nitrogens with zero attached hydrogens (tertiary/aromatic N) is 3. The number of rotatable bonds is 1. The van der Waals surface area contributed by atoms with Crippen molar-refractivity contribution < 1.29 is 23.8 Å². The van der Waals surface area contributed by atoms with Crippen LogP contribution in [0.2, 0.25) is 0 Å². The smallest absolute Gasteiger partial charge is 0.407 e. The van der Waals surface area contributed by atoms with E-state index in [2.05, 4.69) is 5.10 Å². The van der Waals surface area contributed by atoms with Gasteiger partial charge in [0.1, 0.15) is 5.69 Å². The summed E-state index contributed by atoms with van der Waals surface area (Å²) in [4.78, 5) is 12.4. The average molecular weight is 315 g/mol. The Bertz CT molecular complexity index is 602. The van der Waals surface area contributed by atoms with Gasteiger partial charge >= 0.3 is 6.09 Å². The van der Waals surface area contributed by atoms with Crippen LogP contribution in [0.25, 0.3) is 0 Å². The van der Waals surface area contributed by atoms with Gasteiger partial charge in [-0.3, -0.25) is 4.68 Å². The fourth-order valence-corrected chi connectivity index (χ4v) is 3.38. The highest BCUT2D eigenvalue weighted by atomic mass is 19.3. The van der Waals surface area contributed by atoms with Gasteiger partial charge in [-0.15, -0.1) is 0 Å². The van der Waals surface area contributed by atoms with Gasteiger partial charge in [-0.2, -0.15) is 13.9 Å². The van der Waals surface area contributed by atoms with Crippen LogP contribution in [-0.2, 0) is 25.4 Å². The topological polar surface area (TPSA) is 78.6 Å². The van der Waals surface area contributed by atoms with Gasteiger partial charge in [0.05, 0.1) is 12.2 Å². The Morgan fingerprint density at radius 3 is 2.86 bits per heavy atom. The van der Waals surface area contributed by atoms with E-state index < -0.39 is 12.0 Å². The van der Waals surface area contributed by atoms with Gasteiger partial charge in [-0.1, -0.05) is 0 Å². The molecule has 8 heteroatoms. The first-order valence-corrected chi connectivity index (χ1v) is 7.40. The zero-order valence-corrected chi connectivity index (χ0v) is 12.3. The summed E-state index contributed by atoms with van der Waals surface area (Å²) in [5, 5.41) is 22.8. The fourth-order valence-electron chi connectivity index (χ4n) is 3.38. The molecule has 2 atom stereocenters. The van der Waals surface area contributed by atoms with Crippen molar-refractivity contribution in [2.24, 2.45) is 5.92 Å². The summed E-state index contributed by atoms with van der Waals surface area (Å²) in [7, 11) is 0. The number of aliphatic hydroxyl groups excluding tert-OH is 1. The number of halogens is 2. The van der Waals surface area contributed by atoms with Crippen molar-refractivity contribution in [1.82, 2.24) is 14.7 Å². The molecule has 0 aromatic carbocycles. The van der Waals surface area contributed by atoms with Crippen LogP contribution < -0.4 is 0 Å². The molecular weight excluding hydrogens is 296 g/mol. The van der Waals surface area contributed by atoms with Crippen LogP contribution in [0, 0.1) is 5.92 Å². The first-order valence-electron chi connectivity index (χ1n) is 7.40. The minimum absolute atomic E-state index is 0.0550. The number of amides is 1. The summed E-state index contributed by atoms with van der Waals surface area (Å²) in [6.45, 7) is 1.78. The van der Waals surface area contributed by atoms with E-state index in [0.29, 0.717) is 17.7 Å². The van der Waals surface area contributed by atoms with Crippen molar-refractivity contribution in [3.63, 3.8) is 0 Å². The standard InChI is InChI=1S/C14H19F2N3O3/c1-8-4-11-10(6-18(8)13(21)22)12-14(15,16)3-2-9(7-20)5-19(12)17-11/h8-9,20H,2-7H2,1H3,(H,21,22)/t8-,9?/m1/s1. The second-order valence-electron chi connectivity index (χ2n) is 6.21. The molecule has 2 aliphatic heterocycles. The fraction of sp³-hybridized carbons (Fsp3) is 0.714. The van der Waals surface area contributed by atoms with Gasteiger partial charge in [-0.05, 0) is 13.3 Å². The number of carboxylic acid groups (broad SMARTS) is 1. The maximum Gasteiger partial charge on any atom is 0.407 e. The van der Waals surface area contributed by atoms with E-state index in [9.17, 15) is 23.8 Å². The van der Waals surface area contributed by atoms with Crippen molar-refractivity contribution in [3.05, 3.63) is 17.0 Å². The van der Waals surface area contributed by atoms with Gasteiger partial charge < -0.3 is 15.1 Å². The molecule has 0 radical (unpaired) electrons. The zero-order valence-electron chi connectivity index (χ0n) is 12.3. The zero-order chi connectivity index (χ0) is 16.1. The predicted octanol–water partition coefficient (Wildman–Crippen LogP) is 1.80. The second-order valence-corrected chi connectivity index (χ2v) is 6.21. The lowest BCUT2D eigenvalue weighted by Crippen LogP contribution is -2.42. The highest BCUT2D eigenvalue weighted by Crippen LogP contribution is 2.42. The molecule has 0 aliphatic carbocycles. The third-order valence-corrected chi connectivity index (χ3v) is 4.63. The molecule has 122 valence electrons. The van der Waals surface area contributed by atoms with E-state index in [4.69, 9.17) is 0 Å². The van der Waals surface area contributed by atoms with E-state index in [1.807, 2.05) is 0 Å². The molecule has 2 N–H and O–H groups in total. The van der Waals surface area contributed by atoms with Crippen molar-refractivity contribution in [1.29, 1.82) is 0 Å². The summed E-state index contributed by atoms with van der Waals surface area (Å²) in [6, 6.07) is -0.286. The van der Waals surface area contributed by atoms with Gasteiger partial charge in [-0.25, -0.2) is 4.79 Å². The third-order valence-electron chi connectivity index (χ3n) is 4.63. The molecule has 0 fully saturated rings. The molecule has 0 saturated heterocycles. The number of hydrogen-bond acceptors (Lipinski definition) is 3. The lowest BCUT2D eigenvalue weighted by molar-refractivity contribution is -0.0229. The molecule has 2 aliphatic rings. The third kappa shape index (κ3) is 2.35. The van der Waals surface area contributed by atoms with Crippen molar-refractivity contribution >= 4 is 6.09 Å². The van der Waals surface area contributed by atoms with Crippen molar-refractivity contribution in [3.8, 4) is 0 Å². The Morgan fingerprint density at radius 1 is 1.50 bits per heavy atom. The molecule has 1 aromatic rings. The molecule has 3 heterocycles. The van der Waals surface area contributed by atoms with Crippen LogP contribution in [0.3, 0.4) is 0 Å². The van der Waals surface area contributed by atoms with Gasteiger partial charge in [0.25, 0.3) is 5.92 Å². The molecule has 1 aromatic heterocycles. The summed E-state index contributed by atoms with van der Waals surface area (Å²) >= 11 is 0.